The predicted octanol–water partition coefficient (Wildman–Crippen LogP) is 3.86. The summed E-state index contributed by atoms with van der Waals surface area (Å²) in [6, 6.07) is 13.1. The largest absolute Gasteiger partial charge is 0.494 e. The second-order valence-corrected chi connectivity index (χ2v) is 6.19. The Morgan fingerprint density at radius 3 is 2.68 bits per heavy atom. The van der Waals surface area contributed by atoms with Crippen LogP contribution in [0.3, 0.4) is 0 Å². The molecule has 0 aliphatic carbocycles. The van der Waals surface area contributed by atoms with E-state index in [-0.39, 0.29) is 11.9 Å². The number of likely N-dealkylation sites (tertiary alicyclic amines) is 1. The molecule has 2 unspecified atom stereocenters. The summed E-state index contributed by atoms with van der Waals surface area (Å²) in [6.45, 7) is 3.18. The van der Waals surface area contributed by atoms with E-state index in [2.05, 4.69) is 0 Å². The first-order valence-corrected chi connectivity index (χ1v) is 8.57. The van der Waals surface area contributed by atoms with Crippen LogP contribution >= 0.6 is 0 Å². The second kappa shape index (κ2) is 7.66. The highest BCUT2D eigenvalue weighted by Gasteiger charge is 2.36. The van der Waals surface area contributed by atoms with Crippen molar-refractivity contribution in [2.75, 3.05) is 13.2 Å². The van der Waals surface area contributed by atoms with Crippen LogP contribution in [0.2, 0.25) is 0 Å². The molecule has 2 atom stereocenters. The molecule has 0 aromatic heterocycles. The Kier molecular flexibility index (Phi) is 5.34. The third-order valence-electron chi connectivity index (χ3n) is 4.58. The fourth-order valence-electron chi connectivity index (χ4n) is 3.53. The van der Waals surface area contributed by atoms with Gasteiger partial charge in [0.15, 0.2) is 0 Å². The first kappa shape index (κ1) is 17.4. The quantitative estimate of drug-likeness (QED) is 0.865. The maximum atomic E-state index is 13.8. The zero-order valence-electron chi connectivity index (χ0n) is 14.2. The fraction of sp³-hybridized carbons (Fsp3) is 0.350. The number of benzene rings is 2. The molecule has 1 aliphatic heterocycles. The van der Waals surface area contributed by atoms with Gasteiger partial charge in [-0.3, -0.25) is 9.69 Å². The number of halogens is 1. The Bertz CT molecular complexity index is 732. The Hall–Kier alpha value is -2.40. The summed E-state index contributed by atoms with van der Waals surface area (Å²) in [5.74, 6) is -0.384. The maximum Gasteiger partial charge on any atom is 0.320 e. The lowest BCUT2D eigenvalue weighted by Crippen LogP contribution is -2.39. The number of rotatable bonds is 6. The summed E-state index contributed by atoms with van der Waals surface area (Å²) in [6.07, 6.45) is 1.43. The van der Waals surface area contributed by atoms with Crippen LogP contribution < -0.4 is 4.74 Å². The normalized spacial score (nSPS) is 18.9. The molecule has 4 nitrogen and oxygen atoms in total. The van der Waals surface area contributed by atoms with Gasteiger partial charge in [0.2, 0.25) is 0 Å². The fourth-order valence-corrected chi connectivity index (χ4v) is 3.53. The van der Waals surface area contributed by atoms with Crippen LogP contribution in [0.1, 0.15) is 36.9 Å². The molecule has 1 N–H and O–H groups in total. The maximum absolute atomic E-state index is 13.8. The van der Waals surface area contributed by atoms with Gasteiger partial charge in [-0.15, -0.1) is 0 Å². The molecule has 0 bridgehead atoms. The van der Waals surface area contributed by atoms with Crippen molar-refractivity contribution >= 4 is 5.97 Å². The van der Waals surface area contributed by atoms with Gasteiger partial charge >= 0.3 is 5.97 Å². The van der Waals surface area contributed by atoms with Crippen molar-refractivity contribution < 1.29 is 19.0 Å². The van der Waals surface area contributed by atoms with Crippen LogP contribution in [0, 0.1) is 5.82 Å². The van der Waals surface area contributed by atoms with Gasteiger partial charge in [0.05, 0.1) is 12.6 Å². The number of nitrogens with zero attached hydrogens (tertiary/aromatic N) is 1. The molecule has 0 saturated carbocycles. The summed E-state index contributed by atoms with van der Waals surface area (Å²) in [7, 11) is 0. The zero-order valence-corrected chi connectivity index (χ0v) is 14.2. The summed E-state index contributed by atoms with van der Waals surface area (Å²) in [4.78, 5) is 13.6. The topological polar surface area (TPSA) is 49.8 Å². The molecule has 2 aromatic rings. The summed E-state index contributed by atoms with van der Waals surface area (Å²) >= 11 is 0. The van der Waals surface area contributed by atoms with Crippen molar-refractivity contribution in [2.24, 2.45) is 0 Å². The average molecular weight is 343 g/mol. The van der Waals surface area contributed by atoms with Crippen LogP contribution in [0.5, 0.6) is 5.75 Å². The molecule has 0 radical (unpaired) electrons. The van der Waals surface area contributed by atoms with E-state index in [0.717, 1.165) is 23.3 Å². The van der Waals surface area contributed by atoms with E-state index in [1.807, 2.05) is 42.2 Å². The third kappa shape index (κ3) is 3.82. The minimum atomic E-state index is -0.829. The van der Waals surface area contributed by atoms with Crippen LogP contribution in [0.15, 0.2) is 48.5 Å². The standard InChI is InChI=1S/C20H22FNO3/c1-2-25-17-10-8-14(9-11-17)19(15-5-3-6-16(21)13-15)22-12-4-7-18(22)20(23)24/h3,5-6,8-11,13,18-19H,2,4,7,12H2,1H3,(H,23,24). The van der Waals surface area contributed by atoms with E-state index < -0.39 is 12.0 Å². The zero-order chi connectivity index (χ0) is 17.8. The van der Waals surface area contributed by atoms with Gasteiger partial charge in [0.1, 0.15) is 17.6 Å². The highest BCUT2D eigenvalue weighted by molar-refractivity contribution is 5.74. The van der Waals surface area contributed by atoms with Crippen molar-refractivity contribution in [3.63, 3.8) is 0 Å². The van der Waals surface area contributed by atoms with Gasteiger partial charge < -0.3 is 9.84 Å². The predicted molar refractivity (Wildman–Crippen MR) is 93.2 cm³/mol. The minimum Gasteiger partial charge on any atom is -0.494 e. The van der Waals surface area contributed by atoms with E-state index in [4.69, 9.17) is 4.74 Å². The summed E-state index contributed by atoms with van der Waals surface area (Å²) in [5.41, 5.74) is 1.69. The number of carbonyl (C=O) groups is 1. The number of carboxylic acid groups (broad SMARTS) is 1. The lowest BCUT2D eigenvalue weighted by molar-refractivity contribution is -0.142. The van der Waals surface area contributed by atoms with E-state index in [1.54, 1.807) is 6.07 Å². The highest BCUT2D eigenvalue weighted by atomic mass is 19.1. The second-order valence-electron chi connectivity index (χ2n) is 6.19. The van der Waals surface area contributed by atoms with Crippen LogP contribution in [0.25, 0.3) is 0 Å². The first-order valence-electron chi connectivity index (χ1n) is 8.57. The average Bonchev–Trinajstić information content (AvgIpc) is 3.07. The Balaban J connectivity index is 2.01. The molecule has 0 spiro atoms. The molecular weight excluding hydrogens is 321 g/mol. The van der Waals surface area contributed by atoms with Crippen molar-refractivity contribution in [3.05, 3.63) is 65.5 Å². The molecular formula is C20H22FNO3. The lowest BCUT2D eigenvalue weighted by Gasteiger charge is -2.32. The van der Waals surface area contributed by atoms with Crippen LogP contribution in [-0.4, -0.2) is 35.2 Å². The number of aliphatic carboxylic acids is 1. The number of hydrogen-bond donors (Lipinski definition) is 1. The molecule has 0 amide bonds. The molecule has 1 heterocycles. The van der Waals surface area contributed by atoms with Crippen molar-refractivity contribution in [2.45, 2.75) is 31.8 Å². The van der Waals surface area contributed by atoms with Gasteiger partial charge in [-0.05, 0) is 55.2 Å². The Morgan fingerprint density at radius 2 is 2.04 bits per heavy atom. The van der Waals surface area contributed by atoms with Crippen LogP contribution in [0.4, 0.5) is 4.39 Å². The van der Waals surface area contributed by atoms with Gasteiger partial charge in [0.25, 0.3) is 0 Å². The SMILES string of the molecule is CCOc1ccc(C(c2cccc(F)c2)N2CCCC2C(=O)O)cc1. The number of carboxylic acids is 1. The first-order chi connectivity index (χ1) is 12.1. The minimum absolute atomic E-state index is 0.296. The molecule has 5 heteroatoms. The lowest BCUT2D eigenvalue weighted by atomic mass is 9.96. The third-order valence-corrected chi connectivity index (χ3v) is 4.58. The Labute approximate surface area is 146 Å². The number of ether oxygens (including phenoxy) is 1. The van der Waals surface area contributed by atoms with E-state index in [1.165, 1.54) is 12.1 Å². The van der Waals surface area contributed by atoms with E-state index in [9.17, 15) is 14.3 Å². The van der Waals surface area contributed by atoms with Crippen molar-refractivity contribution in [1.29, 1.82) is 0 Å². The molecule has 2 aromatic carbocycles. The Morgan fingerprint density at radius 1 is 1.28 bits per heavy atom. The monoisotopic (exact) mass is 343 g/mol. The molecule has 3 rings (SSSR count). The van der Waals surface area contributed by atoms with Gasteiger partial charge in [-0.1, -0.05) is 24.3 Å². The van der Waals surface area contributed by atoms with E-state index in [0.29, 0.717) is 19.6 Å². The van der Waals surface area contributed by atoms with Gasteiger partial charge in [0, 0.05) is 6.54 Å². The smallest absolute Gasteiger partial charge is 0.320 e. The van der Waals surface area contributed by atoms with Crippen molar-refractivity contribution in [1.82, 2.24) is 4.90 Å². The molecule has 1 aliphatic rings. The highest BCUT2D eigenvalue weighted by Crippen LogP contribution is 2.35. The molecule has 1 saturated heterocycles. The van der Waals surface area contributed by atoms with Crippen LogP contribution in [-0.2, 0) is 4.79 Å². The van der Waals surface area contributed by atoms with Gasteiger partial charge in [-0.25, -0.2) is 4.39 Å². The van der Waals surface area contributed by atoms with Crippen molar-refractivity contribution in [3.8, 4) is 5.75 Å². The molecule has 25 heavy (non-hydrogen) atoms. The number of hydrogen-bond acceptors (Lipinski definition) is 3. The van der Waals surface area contributed by atoms with Gasteiger partial charge in [-0.2, -0.15) is 0 Å². The molecule has 1 fully saturated rings. The summed E-state index contributed by atoms with van der Waals surface area (Å²) < 4.78 is 19.3. The van der Waals surface area contributed by atoms with E-state index >= 15 is 0 Å². The molecule has 132 valence electrons. The summed E-state index contributed by atoms with van der Waals surface area (Å²) in [5, 5.41) is 9.56.